The van der Waals surface area contributed by atoms with Gasteiger partial charge >= 0.3 is 0 Å². The zero-order valence-corrected chi connectivity index (χ0v) is 16.1. The van der Waals surface area contributed by atoms with Crippen LogP contribution >= 0.6 is 0 Å². The fourth-order valence-electron chi connectivity index (χ4n) is 2.65. The first kappa shape index (κ1) is 20.9. The van der Waals surface area contributed by atoms with E-state index in [4.69, 9.17) is 4.74 Å². The normalized spacial score (nSPS) is 16.0. The van der Waals surface area contributed by atoms with Crippen molar-refractivity contribution < 1.29 is 17.9 Å². The molecule has 1 fully saturated rings. The van der Waals surface area contributed by atoms with Crippen molar-refractivity contribution in [1.29, 1.82) is 5.26 Å². The number of benzene rings is 1. The van der Waals surface area contributed by atoms with Crippen LogP contribution in [-0.4, -0.2) is 70.0 Å². The summed E-state index contributed by atoms with van der Waals surface area (Å²) in [6.07, 6.45) is 2.16. The van der Waals surface area contributed by atoms with Crippen LogP contribution in [0.4, 0.5) is 0 Å². The van der Waals surface area contributed by atoms with Crippen LogP contribution in [0.15, 0.2) is 47.0 Å². The Balaban J connectivity index is 1.93. The largest absolute Gasteiger partial charge is 0.385 e. The first-order valence-electron chi connectivity index (χ1n) is 8.67. The summed E-state index contributed by atoms with van der Waals surface area (Å²) in [4.78, 5) is 14.1. The second kappa shape index (κ2) is 10.1. The van der Waals surface area contributed by atoms with Crippen molar-refractivity contribution >= 4 is 15.9 Å². The number of nitriles is 1. The number of nitrogens with zero attached hydrogens (tertiary/aromatic N) is 3. The number of ether oxygens (including phenoxy) is 1. The number of rotatable bonds is 8. The molecule has 0 bridgehead atoms. The highest BCUT2D eigenvalue weighted by molar-refractivity contribution is 7.89. The van der Waals surface area contributed by atoms with Gasteiger partial charge < -0.3 is 15.0 Å². The van der Waals surface area contributed by atoms with Gasteiger partial charge in [0.2, 0.25) is 10.0 Å². The molecule has 1 saturated heterocycles. The molecule has 1 aromatic rings. The van der Waals surface area contributed by atoms with Gasteiger partial charge in [-0.1, -0.05) is 18.2 Å². The number of nitrogens with one attached hydrogen (secondary N) is 1. The van der Waals surface area contributed by atoms with Crippen LogP contribution in [0.25, 0.3) is 0 Å². The summed E-state index contributed by atoms with van der Waals surface area (Å²) in [6.45, 7) is 2.37. The molecule has 0 spiro atoms. The molecular formula is C18H24N4O4S. The molecule has 0 saturated carbocycles. The third-order valence-corrected chi connectivity index (χ3v) is 6.05. The predicted molar refractivity (Wildman–Crippen MR) is 100.0 cm³/mol. The quantitative estimate of drug-likeness (QED) is 0.394. The minimum Gasteiger partial charge on any atom is -0.385 e. The fourth-order valence-corrected chi connectivity index (χ4v) is 4.09. The molecule has 2 rings (SSSR count). The standard InChI is InChI=1S/C18H24N4O4S/c1-26-13-5-8-20-18(23)16(14-19)15-21-9-11-22(12-10-21)27(24,25)17-6-3-2-4-7-17/h2-4,6-7,15H,5,8-13H2,1H3,(H,20,23)/b16-15-. The van der Waals surface area contributed by atoms with Crippen molar-refractivity contribution in [2.24, 2.45) is 0 Å². The Morgan fingerprint density at radius 2 is 1.93 bits per heavy atom. The average molecular weight is 392 g/mol. The Hall–Kier alpha value is -2.41. The van der Waals surface area contributed by atoms with E-state index in [0.29, 0.717) is 45.8 Å². The van der Waals surface area contributed by atoms with Crippen molar-refractivity contribution in [3.8, 4) is 6.07 Å². The van der Waals surface area contributed by atoms with Crippen molar-refractivity contribution in [3.05, 3.63) is 42.1 Å². The van der Waals surface area contributed by atoms with Crippen molar-refractivity contribution in [3.63, 3.8) is 0 Å². The van der Waals surface area contributed by atoms with Crippen LogP contribution in [-0.2, 0) is 19.6 Å². The lowest BCUT2D eigenvalue weighted by molar-refractivity contribution is -0.117. The first-order valence-corrected chi connectivity index (χ1v) is 10.1. The van der Waals surface area contributed by atoms with E-state index in [-0.39, 0.29) is 10.5 Å². The van der Waals surface area contributed by atoms with Gasteiger partial charge in [0.05, 0.1) is 4.90 Å². The van der Waals surface area contributed by atoms with Gasteiger partial charge in [-0.15, -0.1) is 0 Å². The summed E-state index contributed by atoms with van der Waals surface area (Å²) in [5.41, 5.74) is 0.00628. The molecule has 0 aliphatic carbocycles. The Kier molecular flexibility index (Phi) is 7.79. The van der Waals surface area contributed by atoms with E-state index in [9.17, 15) is 18.5 Å². The lowest BCUT2D eigenvalue weighted by atomic mass is 10.2. The van der Waals surface area contributed by atoms with Gasteiger partial charge in [0, 0.05) is 52.6 Å². The van der Waals surface area contributed by atoms with Gasteiger partial charge in [-0.05, 0) is 18.6 Å². The maximum atomic E-state index is 12.6. The van der Waals surface area contributed by atoms with Crippen LogP contribution in [0.2, 0.25) is 0 Å². The first-order chi connectivity index (χ1) is 13.0. The fraction of sp³-hybridized carbons (Fsp3) is 0.444. The Bertz CT molecular complexity index is 794. The highest BCUT2D eigenvalue weighted by atomic mass is 32.2. The Morgan fingerprint density at radius 1 is 1.26 bits per heavy atom. The minimum absolute atomic E-state index is 0.00628. The van der Waals surface area contributed by atoms with E-state index in [1.54, 1.807) is 42.3 Å². The van der Waals surface area contributed by atoms with Crippen LogP contribution in [0.5, 0.6) is 0 Å². The van der Waals surface area contributed by atoms with Crippen molar-refractivity contribution in [2.45, 2.75) is 11.3 Å². The van der Waals surface area contributed by atoms with E-state index < -0.39 is 15.9 Å². The molecule has 1 aliphatic heterocycles. The molecule has 1 aliphatic rings. The second-order valence-electron chi connectivity index (χ2n) is 6.01. The van der Waals surface area contributed by atoms with Gasteiger partial charge in [-0.25, -0.2) is 8.42 Å². The number of carbonyl (C=O) groups excluding carboxylic acids is 1. The monoisotopic (exact) mass is 392 g/mol. The van der Waals surface area contributed by atoms with Gasteiger partial charge in [0.1, 0.15) is 11.6 Å². The van der Waals surface area contributed by atoms with E-state index in [2.05, 4.69) is 5.32 Å². The number of carbonyl (C=O) groups is 1. The summed E-state index contributed by atoms with van der Waals surface area (Å²) in [5.74, 6) is -0.437. The van der Waals surface area contributed by atoms with Crippen LogP contribution in [0.3, 0.4) is 0 Å². The number of sulfonamides is 1. The molecule has 9 heteroatoms. The maximum absolute atomic E-state index is 12.6. The molecule has 0 atom stereocenters. The number of hydrogen-bond donors (Lipinski definition) is 1. The van der Waals surface area contributed by atoms with Gasteiger partial charge in [0.15, 0.2) is 0 Å². The molecule has 1 aromatic carbocycles. The summed E-state index contributed by atoms with van der Waals surface area (Å²) >= 11 is 0. The average Bonchev–Trinajstić information content (AvgIpc) is 2.70. The topological polar surface area (TPSA) is 103 Å². The molecule has 0 unspecified atom stereocenters. The highest BCUT2D eigenvalue weighted by Gasteiger charge is 2.27. The maximum Gasteiger partial charge on any atom is 0.263 e. The minimum atomic E-state index is -3.52. The number of methoxy groups -OCH3 is 1. The third kappa shape index (κ3) is 5.79. The molecule has 1 heterocycles. The Morgan fingerprint density at radius 3 is 2.52 bits per heavy atom. The predicted octanol–water partition coefficient (Wildman–Crippen LogP) is 0.553. The number of amides is 1. The molecule has 1 amide bonds. The smallest absolute Gasteiger partial charge is 0.263 e. The SMILES string of the molecule is COCCCNC(=O)/C(C#N)=C\N1CCN(S(=O)(=O)c2ccccc2)CC1. The van der Waals surface area contributed by atoms with E-state index in [1.165, 1.54) is 10.5 Å². The lowest BCUT2D eigenvalue weighted by Gasteiger charge is -2.33. The van der Waals surface area contributed by atoms with Crippen molar-refractivity contribution in [1.82, 2.24) is 14.5 Å². The number of piperazine rings is 1. The summed E-state index contributed by atoms with van der Waals surface area (Å²) in [7, 11) is -1.94. The molecule has 27 heavy (non-hydrogen) atoms. The van der Waals surface area contributed by atoms with E-state index in [1.807, 2.05) is 6.07 Å². The zero-order chi connectivity index (χ0) is 19.7. The third-order valence-electron chi connectivity index (χ3n) is 4.14. The molecule has 0 aromatic heterocycles. The summed E-state index contributed by atoms with van der Waals surface area (Å²) in [5, 5.41) is 11.9. The van der Waals surface area contributed by atoms with E-state index >= 15 is 0 Å². The van der Waals surface area contributed by atoms with Crippen LogP contribution < -0.4 is 5.32 Å². The molecule has 1 N–H and O–H groups in total. The lowest BCUT2D eigenvalue weighted by Crippen LogP contribution is -2.47. The van der Waals surface area contributed by atoms with Gasteiger partial charge in [-0.2, -0.15) is 9.57 Å². The summed E-state index contributed by atoms with van der Waals surface area (Å²) < 4.78 is 31.6. The van der Waals surface area contributed by atoms with Gasteiger partial charge in [0.25, 0.3) is 5.91 Å². The van der Waals surface area contributed by atoms with E-state index in [0.717, 1.165) is 0 Å². The highest BCUT2D eigenvalue weighted by Crippen LogP contribution is 2.17. The van der Waals surface area contributed by atoms with Gasteiger partial charge in [-0.3, -0.25) is 4.79 Å². The second-order valence-corrected chi connectivity index (χ2v) is 7.95. The van der Waals surface area contributed by atoms with Crippen molar-refractivity contribution in [2.75, 3.05) is 46.4 Å². The molecular weight excluding hydrogens is 368 g/mol. The zero-order valence-electron chi connectivity index (χ0n) is 15.3. The summed E-state index contributed by atoms with van der Waals surface area (Å²) in [6, 6.07) is 10.2. The Labute approximate surface area is 160 Å². The van der Waals surface area contributed by atoms with Crippen LogP contribution in [0, 0.1) is 11.3 Å². The molecule has 8 nitrogen and oxygen atoms in total. The molecule has 146 valence electrons. The number of hydrogen-bond acceptors (Lipinski definition) is 6. The molecule has 0 radical (unpaired) electrons. The van der Waals surface area contributed by atoms with Crippen LogP contribution in [0.1, 0.15) is 6.42 Å².